The average molecular weight is 453 g/mol. The number of nitrogens with one attached hydrogen (secondary N) is 1. The van der Waals surface area contributed by atoms with Crippen LogP contribution < -0.4 is 9.46 Å². The minimum atomic E-state index is -3.94. The molecule has 3 aromatic rings. The standard InChI is InChI=1S/C19H14Cl2N2O5S/c20-13-8-16(12-3-5-14(6-4-12)28-11-18(24)25)19(17(21)9-13)23-29(26,27)15-2-1-7-22-10-15/h1-10,23H,11H2,(H,24,25). The summed E-state index contributed by atoms with van der Waals surface area (Å²) in [5.41, 5.74) is 1.19. The molecule has 0 aliphatic rings. The van der Waals surface area contributed by atoms with E-state index in [4.69, 9.17) is 33.0 Å². The van der Waals surface area contributed by atoms with Crippen molar-refractivity contribution in [3.63, 3.8) is 0 Å². The number of hydrogen-bond acceptors (Lipinski definition) is 5. The van der Waals surface area contributed by atoms with Crippen molar-refractivity contribution < 1.29 is 23.1 Å². The molecule has 2 N–H and O–H groups in total. The first-order valence-electron chi connectivity index (χ1n) is 8.13. The van der Waals surface area contributed by atoms with E-state index in [0.29, 0.717) is 21.9 Å². The largest absolute Gasteiger partial charge is 0.482 e. The van der Waals surface area contributed by atoms with Gasteiger partial charge in [-0.2, -0.15) is 0 Å². The Morgan fingerprint density at radius 3 is 2.48 bits per heavy atom. The second-order valence-electron chi connectivity index (χ2n) is 5.81. The highest BCUT2D eigenvalue weighted by Crippen LogP contribution is 2.38. The Balaban J connectivity index is 1.99. The number of carboxylic acid groups (broad SMARTS) is 1. The first-order chi connectivity index (χ1) is 13.8. The molecule has 0 amide bonds. The van der Waals surface area contributed by atoms with E-state index in [2.05, 4.69) is 9.71 Å². The Hall–Kier alpha value is -2.81. The molecule has 0 bridgehead atoms. The average Bonchev–Trinajstić information content (AvgIpc) is 2.69. The summed E-state index contributed by atoms with van der Waals surface area (Å²) in [5, 5.41) is 9.12. The van der Waals surface area contributed by atoms with Crippen LogP contribution in [0.2, 0.25) is 10.0 Å². The highest BCUT2D eigenvalue weighted by Gasteiger charge is 2.20. The van der Waals surface area contributed by atoms with Gasteiger partial charge in [0.2, 0.25) is 0 Å². The molecule has 0 aliphatic carbocycles. The molecule has 10 heteroatoms. The lowest BCUT2D eigenvalue weighted by Crippen LogP contribution is -2.14. The van der Waals surface area contributed by atoms with E-state index >= 15 is 0 Å². The summed E-state index contributed by atoms with van der Waals surface area (Å²) in [6, 6.07) is 12.3. The molecule has 1 aromatic heterocycles. The molecular weight excluding hydrogens is 439 g/mol. The molecule has 2 aromatic carbocycles. The maximum absolute atomic E-state index is 12.7. The van der Waals surface area contributed by atoms with E-state index < -0.39 is 22.6 Å². The quantitative estimate of drug-likeness (QED) is 0.552. The summed E-state index contributed by atoms with van der Waals surface area (Å²) >= 11 is 12.4. The zero-order valence-electron chi connectivity index (χ0n) is 14.7. The van der Waals surface area contributed by atoms with Crippen molar-refractivity contribution in [2.45, 2.75) is 4.90 Å². The number of sulfonamides is 1. The number of carboxylic acids is 1. The highest BCUT2D eigenvalue weighted by atomic mass is 35.5. The summed E-state index contributed by atoms with van der Waals surface area (Å²) < 4.78 is 33.0. The first kappa shape index (κ1) is 20.9. The molecule has 0 unspecified atom stereocenters. The molecule has 0 saturated carbocycles. The Morgan fingerprint density at radius 2 is 1.86 bits per heavy atom. The smallest absolute Gasteiger partial charge is 0.341 e. The van der Waals surface area contributed by atoms with Crippen molar-refractivity contribution in [2.24, 2.45) is 0 Å². The van der Waals surface area contributed by atoms with Crippen LogP contribution in [-0.4, -0.2) is 31.1 Å². The van der Waals surface area contributed by atoms with Gasteiger partial charge in [-0.3, -0.25) is 9.71 Å². The van der Waals surface area contributed by atoms with E-state index in [-0.39, 0.29) is 15.6 Å². The van der Waals surface area contributed by atoms with E-state index in [1.165, 1.54) is 30.6 Å². The van der Waals surface area contributed by atoms with Crippen LogP contribution >= 0.6 is 23.2 Å². The number of aromatic nitrogens is 1. The van der Waals surface area contributed by atoms with Crippen LogP contribution in [0.4, 0.5) is 5.69 Å². The van der Waals surface area contributed by atoms with Gasteiger partial charge in [0.15, 0.2) is 6.61 Å². The molecule has 0 radical (unpaired) electrons. The molecule has 29 heavy (non-hydrogen) atoms. The zero-order chi connectivity index (χ0) is 21.0. The van der Waals surface area contributed by atoms with Crippen LogP contribution in [0.3, 0.4) is 0 Å². The maximum atomic E-state index is 12.7. The summed E-state index contributed by atoms with van der Waals surface area (Å²) in [7, 11) is -3.94. The van der Waals surface area contributed by atoms with Gasteiger partial charge in [-0.1, -0.05) is 35.3 Å². The van der Waals surface area contributed by atoms with Gasteiger partial charge >= 0.3 is 5.97 Å². The van der Waals surface area contributed by atoms with Crippen molar-refractivity contribution in [1.29, 1.82) is 0 Å². The molecule has 0 spiro atoms. The molecule has 150 valence electrons. The van der Waals surface area contributed by atoms with Gasteiger partial charge in [0.25, 0.3) is 10.0 Å². The van der Waals surface area contributed by atoms with E-state index in [0.717, 1.165) is 0 Å². The molecular formula is C19H14Cl2N2O5S. The topological polar surface area (TPSA) is 106 Å². The number of ether oxygens (including phenoxy) is 1. The SMILES string of the molecule is O=C(O)COc1ccc(-c2cc(Cl)cc(Cl)c2NS(=O)(=O)c2cccnc2)cc1. The molecule has 0 fully saturated rings. The third-order valence-electron chi connectivity index (χ3n) is 3.76. The van der Waals surface area contributed by atoms with Crippen molar-refractivity contribution in [3.05, 3.63) is 71.0 Å². The molecule has 3 rings (SSSR count). The van der Waals surface area contributed by atoms with Gasteiger partial charge in [-0.15, -0.1) is 0 Å². The third kappa shape index (κ3) is 5.17. The van der Waals surface area contributed by atoms with Gasteiger partial charge in [-0.05, 0) is 42.0 Å². The molecule has 0 aliphatic heterocycles. The van der Waals surface area contributed by atoms with Gasteiger partial charge < -0.3 is 9.84 Å². The lowest BCUT2D eigenvalue weighted by Gasteiger charge is -2.15. The monoisotopic (exact) mass is 452 g/mol. The van der Waals surface area contributed by atoms with Crippen molar-refractivity contribution >= 4 is 44.9 Å². The molecule has 7 nitrogen and oxygen atoms in total. The van der Waals surface area contributed by atoms with E-state index in [1.54, 1.807) is 30.3 Å². The van der Waals surface area contributed by atoms with Crippen LogP contribution in [0.15, 0.2) is 65.8 Å². The number of rotatable bonds is 7. The minimum absolute atomic E-state index is 0.0191. The number of anilines is 1. The number of carbonyl (C=O) groups is 1. The van der Waals surface area contributed by atoms with Crippen LogP contribution in [0.1, 0.15) is 0 Å². The van der Waals surface area contributed by atoms with Crippen LogP contribution in [0.5, 0.6) is 5.75 Å². The third-order valence-corrected chi connectivity index (χ3v) is 5.62. The normalized spacial score (nSPS) is 11.1. The number of pyridine rings is 1. The molecule has 1 heterocycles. The van der Waals surface area contributed by atoms with E-state index in [9.17, 15) is 13.2 Å². The van der Waals surface area contributed by atoms with Gasteiger partial charge in [-0.25, -0.2) is 13.2 Å². The first-order valence-corrected chi connectivity index (χ1v) is 10.4. The predicted molar refractivity (Wildman–Crippen MR) is 110 cm³/mol. The van der Waals surface area contributed by atoms with Gasteiger partial charge in [0.1, 0.15) is 10.6 Å². The number of halogens is 2. The lowest BCUT2D eigenvalue weighted by molar-refractivity contribution is -0.139. The fourth-order valence-electron chi connectivity index (χ4n) is 2.48. The van der Waals surface area contributed by atoms with Crippen molar-refractivity contribution in [1.82, 2.24) is 4.98 Å². The molecule has 0 saturated heterocycles. The predicted octanol–water partition coefficient (Wildman–Crippen LogP) is 4.32. The van der Waals surface area contributed by atoms with Gasteiger partial charge in [0, 0.05) is 23.0 Å². The minimum Gasteiger partial charge on any atom is -0.482 e. The summed E-state index contributed by atoms with van der Waals surface area (Å²) in [4.78, 5) is 14.4. The second-order valence-corrected chi connectivity index (χ2v) is 8.34. The Labute approximate surface area is 176 Å². The Bertz CT molecular complexity index is 1140. The summed E-state index contributed by atoms with van der Waals surface area (Å²) in [5.74, 6) is -0.746. The van der Waals surface area contributed by atoms with Crippen molar-refractivity contribution in [2.75, 3.05) is 11.3 Å². The lowest BCUT2D eigenvalue weighted by atomic mass is 10.0. The number of nitrogens with zero attached hydrogens (tertiary/aromatic N) is 1. The zero-order valence-corrected chi connectivity index (χ0v) is 17.0. The summed E-state index contributed by atoms with van der Waals surface area (Å²) in [6.45, 7) is -0.474. The Morgan fingerprint density at radius 1 is 1.14 bits per heavy atom. The molecule has 0 atom stereocenters. The Kier molecular flexibility index (Phi) is 6.26. The fourth-order valence-corrected chi connectivity index (χ4v) is 4.14. The van der Waals surface area contributed by atoms with E-state index in [1.807, 2.05) is 0 Å². The number of hydrogen-bond donors (Lipinski definition) is 2. The maximum Gasteiger partial charge on any atom is 0.341 e. The summed E-state index contributed by atoms with van der Waals surface area (Å²) in [6.07, 6.45) is 2.69. The highest BCUT2D eigenvalue weighted by molar-refractivity contribution is 7.92. The van der Waals surface area contributed by atoms with Crippen LogP contribution in [0.25, 0.3) is 11.1 Å². The van der Waals surface area contributed by atoms with Crippen LogP contribution in [-0.2, 0) is 14.8 Å². The fraction of sp³-hybridized carbons (Fsp3) is 0.0526. The number of benzene rings is 2. The van der Waals surface area contributed by atoms with Crippen LogP contribution in [0, 0.1) is 0 Å². The number of aliphatic carboxylic acids is 1. The second kappa shape index (κ2) is 8.69. The van der Waals surface area contributed by atoms with Gasteiger partial charge in [0.05, 0.1) is 10.7 Å². The van der Waals surface area contributed by atoms with Crippen molar-refractivity contribution in [3.8, 4) is 16.9 Å².